The van der Waals surface area contributed by atoms with E-state index in [0.717, 1.165) is 17.0 Å². The topological polar surface area (TPSA) is 35.3 Å². The highest BCUT2D eigenvalue weighted by atomic mass is 16.5. The predicted octanol–water partition coefficient (Wildman–Crippen LogP) is 2.97. The lowest BCUT2D eigenvalue weighted by molar-refractivity contribution is 0.416. The molecular weight excluding hydrogens is 190 g/mol. The average Bonchev–Trinajstić information content (AvgIpc) is 2.65. The summed E-state index contributed by atoms with van der Waals surface area (Å²) in [6.07, 6.45) is 1.65. The molecule has 1 heterocycles. The summed E-state index contributed by atoms with van der Waals surface area (Å²) in [5.74, 6) is 1.47. The molecule has 0 aliphatic carbocycles. The second-order valence-corrected chi connectivity index (χ2v) is 3.46. The van der Waals surface area contributed by atoms with Crippen LogP contribution in [-0.4, -0.2) is 12.1 Å². The molecule has 2 aromatic rings. The van der Waals surface area contributed by atoms with Gasteiger partial charge in [0.05, 0.1) is 7.11 Å². The van der Waals surface area contributed by atoms with Crippen LogP contribution in [0, 0.1) is 13.8 Å². The largest absolute Gasteiger partial charge is 0.496 e. The summed E-state index contributed by atoms with van der Waals surface area (Å²) in [5, 5.41) is 0. The summed E-state index contributed by atoms with van der Waals surface area (Å²) in [5.41, 5.74) is 2.95. The van der Waals surface area contributed by atoms with E-state index in [2.05, 4.69) is 4.98 Å². The first kappa shape index (κ1) is 9.77. The molecule has 3 heteroatoms. The molecule has 1 aromatic carbocycles. The van der Waals surface area contributed by atoms with E-state index in [4.69, 9.17) is 9.15 Å². The molecule has 0 aliphatic rings. The van der Waals surface area contributed by atoms with Gasteiger partial charge in [-0.25, -0.2) is 4.98 Å². The molecule has 0 saturated carbocycles. The van der Waals surface area contributed by atoms with Gasteiger partial charge in [0.15, 0.2) is 5.89 Å². The molecule has 78 valence electrons. The highest BCUT2D eigenvalue weighted by molar-refractivity contribution is 5.67. The van der Waals surface area contributed by atoms with Crippen molar-refractivity contribution in [2.24, 2.45) is 0 Å². The van der Waals surface area contributed by atoms with Gasteiger partial charge in [-0.3, -0.25) is 0 Å². The van der Waals surface area contributed by atoms with Gasteiger partial charge in [0.2, 0.25) is 0 Å². The summed E-state index contributed by atoms with van der Waals surface area (Å²) in [6, 6.07) is 5.99. The molecule has 0 saturated heterocycles. The van der Waals surface area contributed by atoms with Gasteiger partial charge in [0.25, 0.3) is 0 Å². The molecule has 3 nitrogen and oxygen atoms in total. The Morgan fingerprint density at radius 3 is 2.67 bits per heavy atom. The van der Waals surface area contributed by atoms with Crippen molar-refractivity contribution < 1.29 is 9.15 Å². The first-order valence-corrected chi connectivity index (χ1v) is 4.78. The maximum Gasteiger partial charge on any atom is 0.191 e. The van der Waals surface area contributed by atoms with E-state index in [1.54, 1.807) is 13.4 Å². The normalized spacial score (nSPS) is 10.3. The van der Waals surface area contributed by atoms with Crippen molar-refractivity contribution in [3.05, 3.63) is 35.9 Å². The second kappa shape index (κ2) is 3.77. The van der Waals surface area contributed by atoms with Crippen LogP contribution >= 0.6 is 0 Å². The quantitative estimate of drug-likeness (QED) is 0.752. The molecule has 0 fully saturated rings. The van der Waals surface area contributed by atoms with Gasteiger partial charge in [-0.05, 0) is 19.1 Å². The molecule has 0 atom stereocenters. The van der Waals surface area contributed by atoms with Gasteiger partial charge in [-0.1, -0.05) is 11.6 Å². The van der Waals surface area contributed by atoms with Crippen LogP contribution in [0.5, 0.6) is 5.75 Å². The van der Waals surface area contributed by atoms with Crippen molar-refractivity contribution in [1.82, 2.24) is 4.98 Å². The van der Waals surface area contributed by atoms with Gasteiger partial charge in [0.1, 0.15) is 17.7 Å². The van der Waals surface area contributed by atoms with Crippen molar-refractivity contribution >= 4 is 0 Å². The van der Waals surface area contributed by atoms with E-state index < -0.39 is 0 Å². The third kappa shape index (κ3) is 1.86. The highest BCUT2D eigenvalue weighted by Gasteiger charge is 2.09. The predicted molar refractivity (Wildman–Crippen MR) is 58.0 cm³/mol. The molecule has 0 N–H and O–H groups in total. The first-order chi connectivity index (χ1) is 7.20. The zero-order chi connectivity index (χ0) is 10.8. The van der Waals surface area contributed by atoms with Crippen molar-refractivity contribution in [3.8, 4) is 17.0 Å². The fourth-order valence-corrected chi connectivity index (χ4v) is 1.51. The van der Waals surface area contributed by atoms with E-state index in [-0.39, 0.29) is 0 Å². The summed E-state index contributed by atoms with van der Waals surface area (Å²) >= 11 is 0. The summed E-state index contributed by atoms with van der Waals surface area (Å²) in [6.45, 7) is 3.86. The number of aromatic nitrogens is 1. The standard InChI is InChI=1S/C12H13NO2/c1-8-4-5-12(14-3)10(6-8)11-7-15-9(2)13-11/h4-7H,1-3H3. The Labute approximate surface area is 88.7 Å². The maximum atomic E-state index is 5.28. The Balaban J connectivity index is 2.55. The van der Waals surface area contributed by atoms with E-state index in [1.807, 2.05) is 32.0 Å². The first-order valence-electron chi connectivity index (χ1n) is 4.78. The van der Waals surface area contributed by atoms with Gasteiger partial charge < -0.3 is 9.15 Å². The minimum absolute atomic E-state index is 0.661. The molecule has 0 bridgehead atoms. The molecule has 0 radical (unpaired) electrons. The lowest BCUT2D eigenvalue weighted by Crippen LogP contribution is -1.89. The fourth-order valence-electron chi connectivity index (χ4n) is 1.51. The van der Waals surface area contributed by atoms with Gasteiger partial charge >= 0.3 is 0 Å². The van der Waals surface area contributed by atoms with E-state index in [0.29, 0.717) is 5.89 Å². The number of aryl methyl sites for hydroxylation is 2. The number of nitrogens with zero attached hydrogens (tertiary/aromatic N) is 1. The van der Waals surface area contributed by atoms with Gasteiger partial charge in [-0.15, -0.1) is 0 Å². The van der Waals surface area contributed by atoms with Crippen LogP contribution in [0.4, 0.5) is 0 Å². The van der Waals surface area contributed by atoms with Crippen LogP contribution in [-0.2, 0) is 0 Å². The minimum atomic E-state index is 0.661. The third-order valence-corrected chi connectivity index (χ3v) is 2.25. The van der Waals surface area contributed by atoms with Gasteiger partial charge in [0, 0.05) is 12.5 Å². The summed E-state index contributed by atoms with van der Waals surface area (Å²) < 4.78 is 10.5. The van der Waals surface area contributed by atoms with Crippen LogP contribution < -0.4 is 4.74 Å². The molecular formula is C12H13NO2. The van der Waals surface area contributed by atoms with Gasteiger partial charge in [-0.2, -0.15) is 0 Å². The number of ether oxygens (including phenoxy) is 1. The molecule has 0 amide bonds. The lowest BCUT2D eigenvalue weighted by Gasteiger charge is -2.06. The summed E-state index contributed by atoms with van der Waals surface area (Å²) in [4.78, 5) is 4.28. The number of methoxy groups -OCH3 is 1. The van der Waals surface area contributed by atoms with Crippen molar-refractivity contribution in [3.63, 3.8) is 0 Å². The van der Waals surface area contributed by atoms with E-state index in [9.17, 15) is 0 Å². The second-order valence-electron chi connectivity index (χ2n) is 3.46. The van der Waals surface area contributed by atoms with E-state index in [1.165, 1.54) is 5.56 Å². The van der Waals surface area contributed by atoms with Crippen LogP contribution in [0.15, 0.2) is 28.9 Å². The Morgan fingerprint density at radius 2 is 2.07 bits per heavy atom. The molecule has 1 aromatic heterocycles. The third-order valence-electron chi connectivity index (χ3n) is 2.25. The molecule has 2 rings (SSSR count). The SMILES string of the molecule is COc1ccc(C)cc1-c1coc(C)n1. The molecule has 0 unspecified atom stereocenters. The number of hydrogen-bond donors (Lipinski definition) is 0. The maximum absolute atomic E-state index is 5.28. The molecule has 0 aliphatic heterocycles. The van der Waals surface area contributed by atoms with Crippen LogP contribution in [0.2, 0.25) is 0 Å². The van der Waals surface area contributed by atoms with E-state index >= 15 is 0 Å². The van der Waals surface area contributed by atoms with Crippen molar-refractivity contribution in [1.29, 1.82) is 0 Å². The number of hydrogen-bond acceptors (Lipinski definition) is 3. The Kier molecular flexibility index (Phi) is 2.46. The highest BCUT2D eigenvalue weighted by Crippen LogP contribution is 2.29. The van der Waals surface area contributed by atoms with Crippen LogP contribution in [0.1, 0.15) is 11.5 Å². The summed E-state index contributed by atoms with van der Waals surface area (Å²) in [7, 11) is 1.65. The van der Waals surface area contributed by atoms with Crippen molar-refractivity contribution in [2.75, 3.05) is 7.11 Å². The molecule has 0 spiro atoms. The smallest absolute Gasteiger partial charge is 0.191 e. The Morgan fingerprint density at radius 1 is 1.27 bits per heavy atom. The monoisotopic (exact) mass is 203 g/mol. The van der Waals surface area contributed by atoms with Crippen LogP contribution in [0.25, 0.3) is 11.3 Å². The lowest BCUT2D eigenvalue weighted by atomic mass is 10.1. The Bertz CT molecular complexity index is 474. The average molecular weight is 203 g/mol. The number of benzene rings is 1. The number of rotatable bonds is 2. The zero-order valence-electron chi connectivity index (χ0n) is 9.07. The molecule has 15 heavy (non-hydrogen) atoms. The zero-order valence-corrected chi connectivity index (χ0v) is 9.07. The Hall–Kier alpha value is -1.77. The van der Waals surface area contributed by atoms with Crippen molar-refractivity contribution in [2.45, 2.75) is 13.8 Å². The number of oxazole rings is 1. The van der Waals surface area contributed by atoms with Crippen LogP contribution in [0.3, 0.4) is 0 Å². The fraction of sp³-hybridized carbons (Fsp3) is 0.250. The minimum Gasteiger partial charge on any atom is -0.496 e.